The van der Waals surface area contributed by atoms with E-state index in [1.54, 1.807) is 0 Å². The fourth-order valence-electron chi connectivity index (χ4n) is 2.07. The average Bonchev–Trinajstić information content (AvgIpc) is 2.30. The number of hydrogen-bond acceptors (Lipinski definition) is 1. The molecule has 0 bridgehead atoms. The molecular weight excluding hydrogens is 182 g/mol. The highest BCUT2D eigenvalue weighted by atomic mass is 14.8. The smallest absolute Gasteiger partial charge is 0.0499 e. The van der Waals surface area contributed by atoms with Gasteiger partial charge >= 0.3 is 0 Å². The molecular formula is C14H19N. The van der Waals surface area contributed by atoms with Gasteiger partial charge in [-0.2, -0.15) is 0 Å². The number of aliphatic imine (C=N–C) groups is 1. The van der Waals surface area contributed by atoms with Crippen molar-refractivity contribution in [3.63, 3.8) is 0 Å². The molecule has 0 aromatic heterocycles. The van der Waals surface area contributed by atoms with E-state index >= 15 is 0 Å². The van der Waals surface area contributed by atoms with Crippen molar-refractivity contribution in [2.45, 2.75) is 45.1 Å². The van der Waals surface area contributed by atoms with Crippen LogP contribution in [-0.2, 0) is 0 Å². The van der Waals surface area contributed by atoms with E-state index < -0.39 is 0 Å². The van der Waals surface area contributed by atoms with Crippen LogP contribution in [0.5, 0.6) is 0 Å². The Morgan fingerprint density at radius 2 is 1.73 bits per heavy atom. The lowest BCUT2D eigenvalue weighted by Crippen LogP contribution is -2.09. The first kappa shape index (κ1) is 10.4. The summed E-state index contributed by atoms with van der Waals surface area (Å²) in [5.74, 6) is 0. The summed E-state index contributed by atoms with van der Waals surface area (Å²) in [5, 5.41) is 0. The Bertz CT molecular complexity index is 318. The molecule has 0 spiro atoms. The van der Waals surface area contributed by atoms with E-state index in [1.807, 2.05) is 6.21 Å². The molecule has 1 aliphatic carbocycles. The molecule has 0 amide bonds. The molecule has 1 fully saturated rings. The van der Waals surface area contributed by atoms with Gasteiger partial charge in [-0.15, -0.1) is 0 Å². The summed E-state index contributed by atoms with van der Waals surface area (Å²) in [5.41, 5.74) is 2.54. The van der Waals surface area contributed by atoms with Gasteiger partial charge in [0.1, 0.15) is 0 Å². The summed E-state index contributed by atoms with van der Waals surface area (Å²) in [6, 6.07) is 9.15. The second-order valence-electron chi connectivity index (χ2n) is 4.48. The number of rotatable bonds is 2. The molecule has 1 aromatic carbocycles. The van der Waals surface area contributed by atoms with Gasteiger partial charge in [0.25, 0.3) is 0 Å². The first-order valence-corrected chi connectivity index (χ1v) is 5.94. The van der Waals surface area contributed by atoms with E-state index in [9.17, 15) is 0 Å². The first-order chi connectivity index (χ1) is 7.34. The molecule has 1 aliphatic rings. The molecule has 0 heterocycles. The van der Waals surface area contributed by atoms with Crippen LogP contribution < -0.4 is 0 Å². The van der Waals surface area contributed by atoms with Crippen LogP contribution in [0.3, 0.4) is 0 Å². The van der Waals surface area contributed by atoms with Crippen molar-refractivity contribution in [2.75, 3.05) is 0 Å². The fraction of sp³-hybridized carbons (Fsp3) is 0.500. The SMILES string of the molecule is Cc1ccc(C=NC2CCCCC2)cc1. The number of nitrogens with zero attached hydrogens (tertiary/aromatic N) is 1. The minimum absolute atomic E-state index is 0.583. The van der Waals surface area contributed by atoms with Crippen molar-refractivity contribution in [1.82, 2.24) is 0 Å². The summed E-state index contributed by atoms with van der Waals surface area (Å²) in [7, 11) is 0. The van der Waals surface area contributed by atoms with Crippen LogP contribution in [0.2, 0.25) is 0 Å². The highest BCUT2D eigenvalue weighted by Gasteiger charge is 2.10. The second kappa shape index (κ2) is 5.11. The Labute approximate surface area is 92.2 Å². The summed E-state index contributed by atoms with van der Waals surface area (Å²) >= 11 is 0. The zero-order valence-electron chi connectivity index (χ0n) is 9.45. The molecule has 0 N–H and O–H groups in total. The average molecular weight is 201 g/mol. The van der Waals surface area contributed by atoms with E-state index in [2.05, 4.69) is 36.2 Å². The van der Waals surface area contributed by atoms with Gasteiger partial charge in [-0.1, -0.05) is 49.1 Å². The lowest BCUT2D eigenvalue weighted by molar-refractivity contribution is 0.444. The van der Waals surface area contributed by atoms with Crippen molar-refractivity contribution < 1.29 is 0 Å². The van der Waals surface area contributed by atoms with E-state index in [1.165, 1.54) is 43.2 Å². The van der Waals surface area contributed by atoms with Crippen LogP contribution in [0, 0.1) is 6.92 Å². The summed E-state index contributed by atoms with van der Waals surface area (Å²) < 4.78 is 0. The number of aryl methyl sites for hydroxylation is 1. The zero-order valence-corrected chi connectivity index (χ0v) is 9.45. The minimum Gasteiger partial charge on any atom is -0.289 e. The van der Waals surface area contributed by atoms with Gasteiger partial charge in [-0.3, -0.25) is 4.99 Å². The predicted molar refractivity (Wildman–Crippen MR) is 65.6 cm³/mol. The van der Waals surface area contributed by atoms with Crippen LogP contribution >= 0.6 is 0 Å². The Hall–Kier alpha value is -1.11. The van der Waals surface area contributed by atoms with Crippen molar-refractivity contribution in [1.29, 1.82) is 0 Å². The van der Waals surface area contributed by atoms with Gasteiger partial charge in [0.05, 0.1) is 0 Å². The summed E-state index contributed by atoms with van der Waals surface area (Å²) in [6.45, 7) is 2.11. The maximum absolute atomic E-state index is 4.66. The van der Waals surface area contributed by atoms with Crippen LogP contribution in [0.4, 0.5) is 0 Å². The standard InChI is InChI=1S/C14H19N/c1-12-7-9-13(10-8-12)11-15-14-5-3-2-4-6-14/h7-11,14H,2-6H2,1H3. The molecule has 0 aliphatic heterocycles. The van der Waals surface area contributed by atoms with Crippen LogP contribution in [0.1, 0.15) is 43.2 Å². The Morgan fingerprint density at radius 3 is 2.40 bits per heavy atom. The molecule has 0 saturated heterocycles. The summed E-state index contributed by atoms with van der Waals surface area (Å²) in [6.07, 6.45) is 8.71. The van der Waals surface area contributed by atoms with E-state index in [0.717, 1.165) is 0 Å². The molecule has 80 valence electrons. The third-order valence-corrected chi connectivity index (χ3v) is 3.09. The maximum Gasteiger partial charge on any atom is 0.0499 e. The quantitative estimate of drug-likeness (QED) is 0.646. The van der Waals surface area contributed by atoms with Gasteiger partial charge in [-0.25, -0.2) is 0 Å². The molecule has 1 nitrogen and oxygen atoms in total. The molecule has 0 radical (unpaired) electrons. The number of benzene rings is 1. The molecule has 15 heavy (non-hydrogen) atoms. The van der Waals surface area contributed by atoms with E-state index in [-0.39, 0.29) is 0 Å². The minimum atomic E-state index is 0.583. The Morgan fingerprint density at radius 1 is 1.07 bits per heavy atom. The first-order valence-electron chi connectivity index (χ1n) is 5.94. The van der Waals surface area contributed by atoms with Crippen molar-refractivity contribution in [3.8, 4) is 0 Å². The highest BCUT2D eigenvalue weighted by molar-refractivity contribution is 5.79. The Kier molecular flexibility index (Phi) is 3.54. The molecule has 1 aromatic rings. The van der Waals surface area contributed by atoms with E-state index in [0.29, 0.717) is 6.04 Å². The lowest BCUT2D eigenvalue weighted by Gasteiger charge is -2.17. The van der Waals surface area contributed by atoms with Crippen LogP contribution in [-0.4, -0.2) is 12.3 Å². The van der Waals surface area contributed by atoms with Crippen molar-refractivity contribution >= 4 is 6.21 Å². The summed E-state index contributed by atoms with van der Waals surface area (Å²) in [4.78, 5) is 4.66. The van der Waals surface area contributed by atoms with Gasteiger partial charge < -0.3 is 0 Å². The third-order valence-electron chi connectivity index (χ3n) is 3.09. The van der Waals surface area contributed by atoms with Crippen LogP contribution in [0.15, 0.2) is 29.3 Å². The van der Waals surface area contributed by atoms with Crippen molar-refractivity contribution in [2.24, 2.45) is 4.99 Å². The monoisotopic (exact) mass is 201 g/mol. The van der Waals surface area contributed by atoms with Crippen LogP contribution in [0.25, 0.3) is 0 Å². The lowest BCUT2D eigenvalue weighted by atomic mass is 9.96. The Balaban J connectivity index is 1.95. The molecule has 1 saturated carbocycles. The maximum atomic E-state index is 4.66. The van der Waals surface area contributed by atoms with E-state index in [4.69, 9.17) is 0 Å². The molecule has 0 atom stereocenters. The predicted octanol–water partition coefficient (Wildman–Crippen LogP) is 3.75. The molecule has 1 heteroatoms. The van der Waals surface area contributed by atoms with Gasteiger partial charge in [-0.05, 0) is 25.3 Å². The molecule has 0 unspecified atom stereocenters. The number of hydrogen-bond donors (Lipinski definition) is 0. The van der Waals surface area contributed by atoms with Crippen molar-refractivity contribution in [3.05, 3.63) is 35.4 Å². The van der Waals surface area contributed by atoms with Gasteiger partial charge in [0, 0.05) is 12.3 Å². The third kappa shape index (κ3) is 3.19. The topological polar surface area (TPSA) is 12.4 Å². The van der Waals surface area contributed by atoms with Gasteiger partial charge in [0.2, 0.25) is 0 Å². The highest BCUT2D eigenvalue weighted by Crippen LogP contribution is 2.20. The fourth-order valence-corrected chi connectivity index (χ4v) is 2.07. The molecule has 2 rings (SSSR count). The zero-order chi connectivity index (χ0) is 10.5. The largest absolute Gasteiger partial charge is 0.289 e. The van der Waals surface area contributed by atoms with Gasteiger partial charge in [0.15, 0.2) is 0 Å². The second-order valence-corrected chi connectivity index (χ2v) is 4.48. The normalized spacial score (nSPS) is 18.5.